The summed E-state index contributed by atoms with van der Waals surface area (Å²) in [6.45, 7) is 2.03. The van der Waals surface area contributed by atoms with Gasteiger partial charge in [0.25, 0.3) is 0 Å². The first kappa shape index (κ1) is 23.8. The molecule has 3 heterocycles. The van der Waals surface area contributed by atoms with Crippen LogP contribution < -0.4 is 9.47 Å². The largest absolute Gasteiger partial charge is 0.497 e. The topological polar surface area (TPSA) is 83.1 Å². The van der Waals surface area contributed by atoms with Crippen LogP contribution in [0.2, 0.25) is 0 Å². The first-order valence-corrected chi connectivity index (χ1v) is 13.0. The number of methoxy groups -OCH3 is 1. The lowest BCUT2D eigenvalue weighted by Gasteiger charge is -2.28. The van der Waals surface area contributed by atoms with Crippen LogP contribution in [0.1, 0.15) is 40.9 Å². The number of ether oxygens (including phenoxy) is 2. The molecule has 8 heteroatoms. The highest BCUT2D eigenvalue weighted by Gasteiger charge is 2.34. The molecule has 0 aliphatic carbocycles. The molecule has 0 amide bonds. The molecule has 0 saturated carbocycles. The summed E-state index contributed by atoms with van der Waals surface area (Å²) in [5.41, 5.74) is 5.38. The molecule has 6 aromatic rings. The molecule has 0 spiro atoms. The van der Waals surface area contributed by atoms with E-state index in [1.54, 1.807) is 18.0 Å². The molecule has 1 atom stereocenters. The van der Waals surface area contributed by atoms with Gasteiger partial charge in [-0.2, -0.15) is 0 Å². The predicted molar refractivity (Wildman–Crippen MR) is 152 cm³/mol. The highest BCUT2D eigenvalue weighted by atomic mass is 16.6. The van der Waals surface area contributed by atoms with Gasteiger partial charge >= 0.3 is 0 Å². The lowest BCUT2D eigenvalue weighted by atomic mass is 9.83. The molecule has 0 radical (unpaired) electrons. The van der Waals surface area contributed by atoms with Crippen LogP contribution in [0, 0.1) is 0 Å². The molecule has 2 aromatic heterocycles. The maximum absolute atomic E-state index is 6.50. The molecule has 1 aliphatic heterocycles. The van der Waals surface area contributed by atoms with Gasteiger partial charge in [-0.3, -0.25) is 0 Å². The number of rotatable bonds is 6. The fraction of sp³-hybridized carbons (Fsp3) is 0.125. The molecule has 0 saturated heterocycles. The van der Waals surface area contributed by atoms with Crippen LogP contribution in [0.4, 0.5) is 0 Å². The standard InChI is InChI=1S/C32H25N5O3/c1-20(21-8-4-3-5-9-21)36-39-18-27-34-31-29-28(23-12-15-24(38-2)16-13-23)26-17-14-22-10-6-7-11-25(22)30(26)40-32(29)33-19-37(31)35-27/h3-17,19,28H,18H2,1-2H3/b36-20+. The van der Waals surface area contributed by atoms with Crippen LogP contribution in [-0.2, 0) is 11.4 Å². The second-order valence-corrected chi connectivity index (χ2v) is 9.59. The summed E-state index contributed by atoms with van der Waals surface area (Å²) < 4.78 is 13.6. The van der Waals surface area contributed by atoms with E-state index in [4.69, 9.17) is 19.3 Å². The lowest BCUT2D eigenvalue weighted by Crippen LogP contribution is -2.15. The number of fused-ring (bicyclic) bond motifs is 6. The number of nitrogens with zero attached hydrogens (tertiary/aromatic N) is 5. The van der Waals surface area contributed by atoms with Gasteiger partial charge in [-0.15, -0.1) is 5.10 Å². The van der Waals surface area contributed by atoms with Crippen molar-refractivity contribution in [2.45, 2.75) is 19.4 Å². The summed E-state index contributed by atoms with van der Waals surface area (Å²) in [4.78, 5) is 15.2. The van der Waals surface area contributed by atoms with Gasteiger partial charge in [0, 0.05) is 16.9 Å². The number of aromatic nitrogens is 4. The van der Waals surface area contributed by atoms with E-state index < -0.39 is 0 Å². The monoisotopic (exact) mass is 527 g/mol. The SMILES string of the molecule is COc1ccc(C2c3ccc4ccccc4c3Oc3ncn4nc(CO/N=C(\C)c5ccccc5)nc4c32)cc1. The van der Waals surface area contributed by atoms with Crippen LogP contribution in [0.25, 0.3) is 16.4 Å². The quantitative estimate of drug-likeness (QED) is 0.181. The summed E-state index contributed by atoms with van der Waals surface area (Å²) in [5.74, 6) is 2.42. The molecule has 8 nitrogen and oxygen atoms in total. The molecule has 4 aromatic carbocycles. The summed E-state index contributed by atoms with van der Waals surface area (Å²) in [6, 6.07) is 30.4. The first-order chi connectivity index (χ1) is 19.7. The third-order valence-electron chi connectivity index (χ3n) is 7.18. The van der Waals surface area contributed by atoms with E-state index >= 15 is 0 Å². The molecule has 196 valence electrons. The zero-order chi connectivity index (χ0) is 27.1. The van der Waals surface area contributed by atoms with Crippen LogP contribution in [-0.4, -0.2) is 32.4 Å². The summed E-state index contributed by atoms with van der Waals surface area (Å²) >= 11 is 0. The zero-order valence-corrected chi connectivity index (χ0v) is 22.0. The number of hydrogen-bond donors (Lipinski definition) is 0. The van der Waals surface area contributed by atoms with Crippen molar-refractivity contribution in [1.29, 1.82) is 0 Å². The fourth-order valence-corrected chi connectivity index (χ4v) is 5.21. The lowest BCUT2D eigenvalue weighted by molar-refractivity contribution is 0.125. The van der Waals surface area contributed by atoms with E-state index in [-0.39, 0.29) is 12.5 Å². The summed E-state index contributed by atoms with van der Waals surface area (Å²) in [5, 5.41) is 11.0. The van der Waals surface area contributed by atoms with Crippen molar-refractivity contribution in [3.63, 3.8) is 0 Å². The minimum atomic E-state index is -0.179. The van der Waals surface area contributed by atoms with E-state index in [0.29, 0.717) is 17.4 Å². The molecular weight excluding hydrogens is 502 g/mol. The van der Waals surface area contributed by atoms with Gasteiger partial charge in [-0.05, 0) is 35.6 Å². The van der Waals surface area contributed by atoms with Gasteiger partial charge in [-0.25, -0.2) is 14.5 Å². The molecule has 0 N–H and O–H groups in total. The highest BCUT2D eigenvalue weighted by Crippen LogP contribution is 2.50. The molecule has 7 rings (SSSR count). The minimum Gasteiger partial charge on any atom is -0.497 e. The Morgan fingerprint density at radius 2 is 1.75 bits per heavy atom. The predicted octanol–water partition coefficient (Wildman–Crippen LogP) is 6.51. The van der Waals surface area contributed by atoms with Crippen LogP contribution in [0.3, 0.4) is 0 Å². The van der Waals surface area contributed by atoms with Crippen molar-refractivity contribution in [3.8, 4) is 17.4 Å². The first-order valence-electron chi connectivity index (χ1n) is 13.0. The second-order valence-electron chi connectivity index (χ2n) is 9.59. The Kier molecular flexibility index (Phi) is 5.85. The Labute approximate surface area is 230 Å². The minimum absolute atomic E-state index is 0.121. The Bertz CT molecular complexity index is 1880. The highest BCUT2D eigenvalue weighted by molar-refractivity contribution is 5.98. The molecule has 0 fully saturated rings. The van der Waals surface area contributed by atoms with Crippen molar-refractivity contribution in [1.82, 2.24) is 19.6 Å². The van der Waals surface area contributed by atoms with Crippen molar-refractivity contribution in [2.75, 3.05) is 7.11 Å². The van der Waals surface area contributed by atoms with Crippen LogP contribution in [0.15, 0.2) is 102 Å². The van der Waals surface area contributed by atoms with Crippen LogP contribution >= 0.6 is 0 Å². The number of hydrogen-bond acceptors (Lipinski definition) is 7. The Balaban J connectivity index is 1.31. The van der Waals surface area contributed by atoms with Gasteiger partial charge in [0.2, 0.25) is 5.88 Å². The average molecular weight is 528 g/mol. The maximum Gasteiger partial charge on any atom is 0.228 e. The van der Waals surface area contributed by atoms with E-state index in [9.17, 15) is 0 Å². The van der Waals surface area contributed by atoms with E-state index in [1.807, 2.05) is 61.5 Å². The maximum atomic E-state index is 6.50. The Hall–Kier alpha value is -5.24. The normalized spacial score (nSPS) is 14.4. The van der Waals surface area contributed by atoms with E-state index in [0.717, 1.165) is 50.2 Å². The van der Waals surface area contributed by atoms with Crippen molar-refractivity contribution in [3.05, 3.63) is 125 Å². The fourth-order valence-electron chi connectivity index (χ4n) is 5.21. The third kappa shape index (κ3) is 4.10. The van der Waals surface area contributed by atoms with Gasteiger partial charge in [0.15, 0.2) is 18.1 Å². The molecule has 1 unspecified atom stereocenters. The van der Waals surface area contributed by atoms with Crippen molar-refractivity contribution >= 4 is 22.1 Å². The second kappa shape index (κ2) is 9.81. The van der Waals surface area contributed by atoms with Gasteiger partial charge in [0.05, 0.1) is 18.4 Å². The van der Waals surface area contributed by atoms with Crippen molar-refractivity contribution < 1.29 is 14.3 Å². The zero-order valence-electron chi connectivity index (χ0n) is 22.0. The third-order valence-corrected chi connectivity index (χ3v) is 7.18. The molecule has 0 bridgehead atoms. The average Bonchev–Trinajstić information content (AvgIpc) is 3.43. The van der Waals surface area contributed by atoms with E-state index in [2.05, 4.69) is 51.6 Å². The van der Waals surface area contributed by atoms with Gasteiger partial charge < -0.3 is 14.3 Å². The molecule has 40 heavy (non-hydrogen) atoms. The summed E-state index contributed by atoms with van der Waals surface area (Å²) in [6.07, 6.45) is 1.63. The van der Waals surface area contributed by atoms with Crippen LogP contribution in [0.5, 0.6) is 17.4 Å². The smallest absolute Gasteiger partial charge is 0.228 e. The Morgan fingerprint density at radius 3 is 2.58 bits per heavy atom. The Morgan fingerprint density at radius 1 is 0.950 bits per heavy atom. The molecular formula is C32H25N5O3. The van der Waals surface area contributed by atoms with Crippen molar-refractivity contribution in [2.24, 2.45) is 5.16 Å². The number of benzene rings is 4. The number of oxime groups is 1. The van der Waals surface area contributed by atoms with Gasteiger partial charge in [0.1, 0.15) is 17.8 Å². The summed E-state index contributed by atoms with van der Waals surface area (Å²) in [7, 11) is 1.67. The molecule has 1 aliphatic rings. The van der Waals surface area contributed by atoms with Gasteiger partial charge in [-0.1, -0.05) is 84.0 Å². The van der Waals surface area contributed by atoms with E-state index in [1.165, 1.54) is 0 Å².